The van der Waals surface area contributed by atoms with Crippen molar-refractivity contribution in [3.8, 4) is 0 Å². The first-order valence-corrected chi connectivity index (χ1v) is 9.82. The summed E-state index contributed by atoms with van der Waals surface area (Å²) < 4.78 is 31.3. The van der Waals surface area contributed by atoms with E-state index in [1.807, 2.05) is 30.3 Å². The van der Waals surface area contributed by atoms with E-state index >= 15 is 0 Å². The molecule has 2 aromatic rings. The van der Waals surface area contributed by atoms with Crippen molar-refractivity contribution >= 4 is 27.9 Å². The van der Waals surface area contributed by atoms with Crippen molar-refractivity contribution in [3.63, 3.8) is 0 Å². The molecule has 0 bridgehead atoms. The van der Waals surface area contributed by atoms with Gasteiger partial charge >= 0.3 is 12.0 Å². The highest BCUT2D eigenvalue weighted by molar-refractivity contribution is 7.90. The van der Waals surface area contributed by atoms with Crippen LogP contribution in [0, 0.1) is 5.41 Å². The highest BCUT2D eigenvalue weighted by Crippen LogP contribution is 2.29. The molecule has 0 aromatic heterocycles. The maximum absolute atomic E-state index is 13.2. The van der Waals surface area contributed by atoms with Gasteiger partial charge in [-0.1, -0.05) is 42.5 Å². The summed E-state index contributed by atoms with van der Waals surface area (Å²) >= 11 is 0. The Balaban J connectivity index is 2.01. The molecule has 0 aliphatic carbocycles. The molecule has 1 atom stereocenters. The van der Waals surface area contributed by atoms with Gasteiger partial charge in [0.15, 0.2) is 0 Å². The van der Waals surface area contributed by atoms with Crippen molar-refractivity contribution in [1.82, 2.24) is 9.62 Å². The van der Waals surface area contributed by atoms with E-state index in [-0.39, 0.29) is 12.0 Å². The molecule has 1 fully saturated rings. The fraction of sp³-hybridized carbons (Fsp3) is 0.211. The molecule has 3 rings (SSSR count). The number of amidine groups is 1. The molecule has 1 aliphatic heterocycles. The fourth-order valence-corrected chi connectivity index (χ4v) is 4.68. The molecule has 1 aliphatic rings. The van der Waals surface area contributed by atoms with Crippen molar-refractivity contribution in [1.29, 1.82) is 5.41 Å². The molecule has 2 N–H and O–H groups in total. The number of sulfonamides is 1. The average Bonchev–Trinajstić information content (AvgIpc) is 2.90. The number of esters is 1. The van der Waals surface area contributed by atoms with E-state index in [0.717, 1.165) is 12.7 Å². The monoisotopic (exact) mass is 401 g/mol. The van der Waals surface area contributed by atoms with Crippen LogP contribution in [-0.2, 0) is 21.2 Å². The lowest BCUT2D eigenvalue weighted by Gasteiger charge is -2.24. The molecule has 2 amide bonds. The predicted molar refractivity (Wildman–Crippen MR) is 102 cm³/mol. The highest BCUT2D eigenvalue weighted by atomic mass is 32.2. The maximum Gasteiger partial charge on any atom is 0.339 e. The lowest BCUT2D eigenvalue weighted by molar-refractivity contribution is 0.0596. The standard InChI is InChI=1S/C19H19N3O5S/c1-19(12-13-8-4-3-5-9-13)17(20)22(18(24)21-19)28(25,26)15-11-7-6-10-14(15)16(23)27-2/h3-11,20H,12H2,1-2H3,(H,21,24). The number of hydrogen-bond acceptors (Lipinski definition) is 6. The second kappa shape index (κ2) is 7.08. The van der Waals surface area contributed by atoms with Gasteiger partial charge < -0.3 is 10.1 Å². The number of amides is 2. The van der Waals surface area contributed by atoms with Crippen molar-refractivity contribution in [2.45, 2.75) is 23.8 Å². The van der Waals surface area contributed by atoms with E-state index < -0.39 is 38.3 Å². The Morgan fingerprint density at radius 1 is 1.14 bits per heavy atom. The van der Waals surface area contributed by atoms with Gasteiger partial charge in [-0.2, -0.15) is 4.31 Å². The van der Waals surface area contributed by atoms with Crippen molar-refractivity contribution in [3.05, 3.63) is 65.7 Å². The zero-order valence-electron chi connectivity index (χ0n) is 15.3. The summed E-state index contributed by atoms with van der Waals surface area (Å²) in [4.78, 5) is 24.1. The number of nitrogens with zero attached hydrogens (tertiary/aromatic N) is 1. The number of ether oxygens (including phenoxy) is 1. The molecule has 1 saturated heterocycles. The van der Waals surface area contributed by atoms with Crippen molar-refractivity contribution in [2.24, 2.45) is 0 Å². The third-order valence-corrected chi connectivity index (χ3v) is 6.25. The molecular formula is C19H19N3O5S. The first-order chi connectivity index (χ1) is 13.2. The summed E-state index contributed by atoms with van der Waals surface area (Å²) in [6, 6.07) is 13.6. The van der Waals surface area contributed by atoms with E-state index in [2.05, 4.69) is 10.1 Å². The van der Waals surface area contributed by atoms with E-state index in [4.69, 9.17) is 5.41 Å². The number of nitrogens with one attached hydrogen (secondary N) is 2. The lowest BCUT2D eigenvalue weighted by atomic mass is 9.93. The average molecular weight is 401 g/mol. The van der Waals surface area contributed by atoms with Gasteiger partial charge in [-0.15, -0.1) is 0 Å². The molecule has 0 saturated carbocycles. The molecule has 9 heteroatoms. The number of methoxy groups -OCH3 is 1. The van der Waals surface area contributed by atoms with Crippen LogP contribution < -0.4 is 5.32 Å². The summed E-state index contributed by atoms with van der Waals surface area (Å²) in [5.74, 6) is -1.27. The van der Waals surface area contributed by atoms with Crippen LogP contribution in [0.4, 0.5) is 4.79 Å². The summed E-state index contributed by atoms with van der Waals surface area (Å²) in [5, 5.41) is 11.0. The molecular weight excluding hydrogens is 382 g/mol. The summed E-state index contributed by atoms with van der Waals surface area (Å²) in [7, 11) is -3.36. The lowest BCUT2D eigenvalue weighted by Crippen LogP contribution is -2.46. The SMILES string of the molecule is COC(=O)c1ccccc1S(=O)(=O)N1C(=N)C(C)(Cc2ccccc2)NC1=O. The zero-order valence-corrected chi connectivity index (χ0v) is 16.1. The number of carbonyl (C=O) groups is 2. The van der Waals surface area contributed by atoms with E-state index in [1.165, 1.54) is 24.3 Å². The van der Waals surface area contributed by atoms with Crippen LogP contribution in [0.2, 0.25) is 0 Å². The second-order valence-corrected chi connectivity index (χ2v) is 8.29. The van der Waals surface area contributed by atoms with Gasteiger partial charge in [-0.25, -0.2) is 18.0 Å². The number of carbonyl (C=O) groups excluding carboxylic acids is 2. The van der Waals surface area contributed by atoms with Gasteiger partial charge in [0.05, 0.1) is 12.7 Å². The van der Waals surface area contributed by atoms with Gasteiger partial charge in [0.25, 0.3) is 10.0 Å². The molecule has 2 aromatic carbocycles. The molecule has 1 unspecified atom stereocenters. The van der Waals surface area contributed by atoms with Gasteiger partial charge in [-0.3, -0.25) is 5.41 Å². The van der Waals surface area contributed by atoms with Crippen LogP contribution in [0.5, 0.6) is 0 Å². The Hall–Kier alpha value is -3.20. The second-order valence-electron chi connectivity index (χ2n) is 6.53. The smallest absolute Gasteiger partial charge is 0.339 e. The Labute approximate surface area is 162 Å². The third-order valence-electron chi connectivity index (χ3n) is 4.50. The minimum atomic E-state index is -4.49. The van der Waals surface area contributed by atoms with Crippen LogP contribution in [0.25, 0.3) is 0 Å². The summed E-state index contributed by atoms with van der Waals surface area (Å²) in [5.41, 5.74) is -0.586. The number of benzene rings is 2. The Bertz CT molecular complexity index is 1050. The normalized spacial score (nSPS) is 19.4. The van der Waals surface area contributed by atoms with Crippen LogP contribution in [-0.4, -0.2) is 43.2 Å². The molecule has 28 heavy (non-hydrogen) atoms. The first-order valence-electron chi connectivity index (χ1n) is 8.38. The van der Waals surface area contributed by atoms with E-state index in [1.54, 1.807) is 6.92 Å². The van der Waals surface area contributed by atoms with Crippen LogP contribution in [0.3, 0.4) is 0 Å². The molecule has 0 spiro atoms. The minimum absolute atomic E-state index is 0.206. The molecule has 146 valence electrons. The Kier molecular flexibility index (Phi) is 4.95. The van der Waals surface area contributed by atoms with Crippen molar-refractivity contribution in [2.75, 3.05) is 7.11 Å². The highest BCUT2D eigenvalue weighted by Gasteiger charge is 2.51. The topological polar surface area (TPSA) is 117 Å². The first kappa shape index (κ1) is 19.6. The van der Waals surface area contributed by atoms with Crippen LogP contribution in [0.1, 0.15) is 22.8 Å². The predicted octanol–water partition coefficient (Wildman–Crippen LogP) is 2.17. The van der Waals surface area contributed by atoms with Gasteiger partial charge in [0.1, 0.15) is 16.3 Å². The van der Waals surface area contributed by atoms with Crippen LogP contribution >= 0.6 is 0 Å². The Morgan fingerprint density at radius 2 is 1.75 bits per heavy atom. The quantitative estimate of drug-likeness (QED) is 0.745. The molecule has 8 nitrogen and oxygen atoms in total. The Morgan fingerprint density at radius 3 is 2.39 bits per heavy atom. The number of rotatable bonds is 5. The van der Waals surface area contributed by atoms with Crippen LogP contribution in [0.15, 0.2) is 59.5 Å². The summed E-state index contributed by atoms with van der Waals surface area (Å²) in [6.07, 6.45) is 0.239. The largest absolute Gasteiger partial charge is 0.465 e. The number of urea groups is 1. The van der Waals surface area contributed by atoms with E-state index in [9.17, 15) is 18.0 Å². The molecule has 1 heterocycles. The van der Waals surface area contributed by atoms with Crippen molar-refractivity contribution < 1.29 is 22.7 Å². The number of hydrogen-bond donors (Lipinski definition) is 2. The van der Waals surface area contributed by atoms with Gasteiger partial charge in [0, 0.05) is 6.42 Å². The minimum Gasteiger partial charge on any atom is -0.465 e. The zero-order chi connectivity index (χ0) is 20.5. The summed E-state index contributed by atoms with van der Waals surface area (Å²) in [6.45, 7) is 1.59. The third kappa shape index (κ3) is 3.24. The van der Waals surface area contributed by atoms with E-state index in [0.29, 0.717) is 4.31 Å². The fourth-order valence-electron chi connectivity index (χ4n) is 3.10. The molecule has 0 radical (unpaired) electrons. The van der Waals surface area contributed by atoms with Gasteiger partial charge in [0.2, 0.25) is 0 Å². The van der Waals surface area contributed by atoms with Gasteiger partial charge in [-0.05, 0) is 24.6 Å². The maximum atomic E-state index is 13.2.